The average molecular weight is 312 g/mol. The fraction of sp³-hybridized carbons (Fsp3) is 0.125. The lowest BCUT2D eigenvalue weighted by molar-refractivity contribution is 0.102. The van der Waals surface area contributed by atoms with E-state index in [0.29, 0.717) is 4.47 Å². The number of hydrogen-bond acceptors (Lipinski definition) is 2. The van der Waals surface area contributed by atoms with Crippen molar-refractivity contribution in [3.8, 4) is 5.75 Å². The quantitative estimate of drug-likeness (QED) is 0.673. The molecule has 1 aromatic carbocycles. The fourth-order valence-corrected chi connectivity index (χ4v) is 1.68. The molecule has 0 saturated carbocycles. The van der Waals surface area contributed by atoms with Crippen molar-refractivity contribution in [2.24, 2.45) is 0 Å². The second kappa shape index (κ2) is 4.19. The van der Waals surface area contributed by atoms with Crippen LogP contribution in [-0.2, 0) is 0 Å². The van der Waals surface area contributed by atoms with E-state index in [9.17, 15) is 9.18 Å². The topological polar surface area (TPSA) is 37.3 Å². The molecule has 1 N–H and O–H groups in total. The van der Waals surface area contributed by atoms with E-state index in [4.69, 9.17) is 5.11 Å². The van der Waals surface area contributed by atoms with E-state index in [1.807, 2.05) is 0 Å². The average Bonchev–Trinajstić information content (AvgIpc) is 2.10. The van der Waals surface area contributed by atoms with Gasteiger partial charge in [-0.2, -0.15) is 0 Å². The molecule has 2 nitrogen and oxygen atoms in total. The molecule has 0 atom stereocenters. The van der Waals surface area contributed by atoms with Crippen LogP contribution in [0.5, 0.6) is 5.75 Å². The Morgan fingerprint density at radius 1 is 1.54 bits per heavy atom. The zero-order valence-corrected chi connectivity index (χ0v) is 9.52. The molecule has 0 heterocycles. The van der Waals surface area contributed by atoms with Crippen LogP contribution in [0.25, 0.3) is 0 Å². The second-order valence-electron chi connectivity index (χ2n) is 2.34. The minimum Gasteiger partial charge on any atom is -0.505 e. The highest BCUT2D eigenvalue weighted by Gasteiger charge is 2.12. The first-order valence-corrected chi connectivity index (χ1v) is 5.25. The molecule has 5 heteroatoms. The Morgan fingerprint density at radius 2 is 2.15 bits per heavy atom. The lowest BCUT2D eigenvalue weighted by atomic mass is 10.1. The molecule has 1 aromatic rings. The Kier molecular flexibility index (Phi) is 3.44. The number of halogens is 3. The van der Waals surface area contributed by atoms with Gasteiger partial charge in [0.1, 0.15) is 0 Å². The Balaban J connectivity index is 3.23. The van der Waals surface area contributed by atoms with Crippen LogP contribution in [0.1, 0.15) is 10.4 Å². The van der Waals surface area contributed by atoms with Gasteiger partial charge in [-0.15, -0.1) is 0 Å². The van der Waals surface area contributed by atoms with Gasteiger partial charge in [-0.3, -0.25) is 4.79 Å². The summed E-state index contributed by atoms with van der Waals surface area (Å²) in [5.41, 5.74) is 0.215. The van der Waals surface area contributed by atoms with Crippen LogP contribution >= 0.6 is 31.9 Å². The molecular formula is C8H5Br2FO2. The first kappa shape index (κ1) is 10.7. The van der Waals surface area contributed by atoms with Crippen molar-refractivity contribution >= 4 is 37.6 Å². The van der Waals surface area contributed by atoms with Crippen LogP contribution in [0.3, 0.4) is 0 Å². The lowest BCUT2D eigenvalue weighted by Crippen LogP contribution is -2.01. The zero-order chi connectivity index (χ0) is 10.0. The number of ketones is 1. The summed E-state index contributed by atoms with van der Waals surface area (Å²) in [5, 5.41) is 9.07. The minimum absolute atomic E-state index is 0.121. The molecule has 0 amide bonds. The number of phenolic OH excluding ortho intramolecular Hbond substituents is 1. The highest BCUT2D eigenvalue weighted by Crippen LogP contribution is 2.26. The third-order valence-electron chi connectivity index (χ3n) is 1.46. The maximum Gasteiger partial charge on any atom is 0.174 e. The monoisotopic (exact) mass is 310 g/mol. The van der Waals surface area contributed by atoms with Crippen molar-refractivity contribution in [1.29, 1.82) is 0 Å². The number of carbonyl (C=O) groups is 1. The predicted octanol–water partition coefficient (Wildman–Crippen LogP) is 2.87. The zero-order valence-electron chi connectivity index (χ0n) is 6.35. The summed E-state index contributed by atoms with van der Waals surface area (Å²) in [6.07, 6.45) is 0. The molecule has 70 valence electrons. The van der Waals surface area contributed by atoms with Crippen LogP contribution in [0.2, 0.25) is 0 Å². The van der Waals surface area contributed by atoms with E-state index in [2.05, 4.69) is 31.9 Å². The van der Waals surface area contributed by atoms with Gasteiger partial charge in [0.25, 0.3) is 0 Å². The van der Waals surface area contributed by atoms with Gasteiger partial charge in [0.05, 0.1) is 5.33 Å². The normalized spacial score (nSPS) is 10.1. The number of rotatable bonds is 2. The molecule has 0 aliphatic carbocycles. The van der Waals surface area contributed by atoms with Gasteiger partial charge in [-0.25, -0.2) is 4.39 Å². The largest absolute Gasteiger partial charge is 0.505 e. The first-order chi connectivity index (χ1) is 6.06. The van der Waals surface area contributed by atoms with E-state index < -0.39 is 11.6 Å². The van der Waals surface area contributed by atoms with E-state index in [1.54, 1.807) is 0 Å². The molecule has 0 aliphatic rings. The molecule has 0 radical (unpaired) electrons. The van der Waals surface area contributed by atoms with Crippen LogP contribution < -0.4 is 0 Å². The van der Waals surface area contributed by atoms with E-state index in [0.717, 1.165) is 12.1 Å². The number of phenols is 1. The van der Waals surface area contributed by atoms with Crippen LogP contribution in [0, 0.1) is 5.82 Å². The number of hydrogen-bond donors (Lipinski definition) is 1. The van der Waals surface area contributed by atoms with Gasteiger partial charge >= 0.3 is 0 Å². The predicted molar refractivity (Wildman–Crippen MR) is 53.9 cm³/mol. The van der Waals surface area contributed by atoms with Gasteiger partial charge in [-0.1, -0.05) is 15.9 Å². The lowest BCUT2D eigenvalue weighted by Gasteiger charge is -2.02. The molecule has 1 rings (SSSR count). The number of benzene rings is 1. The highest BCUT2D eigenvalue weighted by molar-refractivity contribution is 9.10. The molecule has 13 heavy (non-hydrogen) atoms. The van der Waals surface area contributed by atoms with Crippen LogP contribution in [0.4, 0.5) is 4.39 Å². The summed E-state index contributed by atoms with van der Waals surface area (Å²) < 4.78 is 13.2. The van der Waals surface area contributed by atoms with Crippen molar-refractivity contribution in [2.45, 2.75) is 0 Å². The van der Waals surface area contributed by atoms with Crippen molar-refractivity contribution < 1.29 is 14.3 Å². The summed E-state index contributed by atoms with van der Waals surface area (Å²) in [6, 6.07) is 2.16. The van der Waals surface area contributed by atoms with Crippen molar-refractivity contribution in [2.75, 3.05) is 5.33 Å². The van der Waals surface area contributed by atoms with E-state index in [-0.39, 0.29) is 16.7 Å². The van der Waals surface area contributed by atoms with Crippen LogP contribution in [-0.4, -0.2) is 16.2 Å². The highest BCUT2D eigenvalue weighted by atomic mass is 79.9. The second-order valence-corrected chi connectivity index (χ2v) is 3.76. The van der Waals surface area contributed by atoms with E-state index >= 15 is 0 Å². The first-order valence-electron chi connectivity index (χ1n) is 3.33. The summed E-state index contributed by atoms with van der Waals surface area (Å²) >= 11 is 6.03. The van der Waals surface area contributed by atoms with Crippen molar-refractivity contribution in [1.82, 2.24) is 0 Å². The minimum atomic E-state index is -0.799. The molecule has 0 aliphatic heterocycles. The summed E-state index contributed by atoms with van der Waals surface area (Å²) in [7, 11) is 0. The van der Waals surface area contributed by atoms with Crippen LogP contribution in [0.15, 0.2) is 16.6 Å². The summed E-state index contributed by atoms with van der Waals surface area (Å²) in [6.45, 7) is 0. The molecule has 0 fully saturated rings. The van der Waals surface area contributed by atoms with Gasteiger partial charge < -0.3 is 5.11 Å². The third kappa shape index (κ3) is 2.28. The Hall–Kier alpha value is -0.420. The molecule has 0 unspecified atom stereocenters. The van der Waals surface area contributed by atoms with Gasteiger partial charge in [0.15, 0.2) is 17.3 Å². The van der Waals surface area contributed by atoms with Crippen molar-refractivity contribution in [3.05, 3.63) is 28.0 Å². The SMILES string of the molecule is O=C(CBr)c1cc(F)c(O)cc1Br. The molecular weight excluding hydrogens is 307 g/mol. The number of carbonyl (C=O) groups excluding carboxylic acids is 1. The Bertz CT molecular complexity index is 352. The Labute approximate surface area is 91.0 Å². The summed E-state index contributed by atoms with van der Waals surface area (Å²) in [5.74, 6) is -1.52. The van der Waals surface area contributed by atoms with E-state index in [1.165, 1.54) is 0 Å². The number of alkyl halides is 1. The smallest absolute Gasteiger partial charge is 0.174 e. The van der Waals surface area contributed by atoms with Gasteiger partial charge in [0.2, 0.25) is 0 Å². The number of aromatic hydroxyl groups is 1. The fourth-order valence-electron chi connectivity index (χ4n) is 0.822. The maximum absolute atomic E-state index is 12.8. The van der Waals surface area contributed by atoms with Crippen molar-refractivity contribution in [3.63, 3.8) is 0 Å². The standard InChI is InChI=1S/C8H5Br2FO2/c9-3-8(13)4-1-6(11)7(12)2-5(4)10/h1-2,12H,3H2. The molecule has 0 bridgehead atoms. The molecule has 0 aromatic heterocycles. The maximum atomic E-state index is 12.8. The third-order valence-corrected chi connectivity index (χ3v) is 2.62. The van der Waals surface area contributed by atoms with Gasteiger partial charge in [0, 0.05) is 10.0 Å². The molecule has 0 spiro atoms. The molecule has 0 saturated heterocycles. The number of Topliss-reactive ketones (excluding diaryl/α,β-unsaturated/α-hetero) is 1. The van der Waals surface area contributed by atoms with Gasteiger partial charge in [-0.05, 0) is 28.1 Å². The Morgan fingerprint density at radius 3 is 2.69 bits per heavy atom. The summed E-state index contributed by atoms with van der Waals surface area (Å²) in [4.78, 5) is 11.2.